The molecule has 0 heterocycles. The third-order valence-corrected chi connectivity index (χ3v) is 9.16. The number of hydrogen-bond donors (Lipinski definition) is 1. The Kier molecular flexibility index (Phi) is 11.7. The summed E-state index contributed by atoms with van der Waals surface area (Å²) in [6, 6.07) is 22.0. The Morgan fingerprint density at radius 2 is 1.55 bits per heavy atom. The molecule has 0 aliphatic rings. The minimum Gasteiger partial charge on any atom is -0.354 e. The summed E-state index contributed by atoms with van der Waals surface area (Å²) in [7, 11) is -1.15. The van der Waals surface area contributed by atoms with Gasteiger partial charge in [-0.25, -0.2) is 4.31 Å². The van der Waals surface area contributed by atoms with Crippen molar-refractivity contribution >= 4 is 27.7 Å². The molecule has 8 nitrogen and oxygen atoms in total. The second kappa shape index (κ2) is 15.0. The van der Waals surface area contributed by atoms with Crippen molar-refractivity contribution in [3.8, 4) is 0 Å². The normalized spacial score (nSPS) is 12.2. The van der Waals surface area contributed by atoms with Gasteiger partial charge in [0.1, 0.15) is 12.6 Å². The zero-order valence-corrected chi connectivity index (χ0v) is 26.4. The summed E-state index contributed by atoms with van der Waals surface area (Å²) in [5.74, 6) is -0.723. The second-order valence-corrected chi connectivity index (χ2v) is 13.0. The van der Waals surface area contributed by atoms with E-state index in [4.69, 9.17) is 0 Å². The largest absolute Gasteiger partial charge is 0.354 e. The van der Waals surface area contributed by atoms with Crippen molar-refractivity contribution in [3.63, 3.8) is 0 Å². The van der Waals surface area contributed by atoms with Crippen LogP contribution in [-0.2, 0) is 32.8 Å². The van der Waals surface area contributed by atoms with Gasteiger partial charge >= 0.3 is 10.2 Å². The van der Waals surface area contributed by atoms with Gasteiger partial charge in [0.2, 0.25) is 11.8 Å². The fraction of sp³-hybridized carbons (Fsp3) is 0.394. The molecule has 42 heavy (non-hydrogen) atoms. The monoisotopic (exact) mass is 592 g/mol. The molecular formula is C33H44N4O4S. The van der Waals surface area contributed by atoms with Gasteiger partial charge in [-0.2, -0.15) is 12.7 Å². The van der Waals surface area contributed by atoms with E-state index >= 15 is 0 Å². The van der Waals surface area contributed by atoms with E-state index in [1.807, 2.05) is 87.5 Å². The van der Waals surface area contributed by atoms with Gasteiger partial charge in [-0.05, 0) is 61.1 Å². The van der Waals surface area contributed by atoms with Crippen molar-refractivity contribution in [3.05, 3.63) is 101 Å². The first-order valence-corrected chi connectivity index (χ1v) is 15.8. The fourth-order valence-corrected chi connectivity index (χ4v) is 5.83. The number of nitrogens with one attached hydrogen (secondary N) is 1. The Bertz CT molecular complexity index is 1460. The molecule has 9 heteroatoms. The van der Waals surface area contributed by atoms with Crippen molar-refractivity contribution in [2.45, 2.75) is 59.5 Å². The van der Waals surface area contributed by atoms with Gasteiger partial charge in [0.05, 0.1) is 5.69 Å². The summed E-state index contributed by atoms with van der Waals surface area (Å²) < 4.78 is 29.5. The Morgan fingerprint density at radius 3 is 2.19 bits per heavy atom. The molecule has 1 atom stereocenters. The van der Waals surface area contributed by atoms with E-state index < -0.39 is 28.7 Å². The molecular weight excluding hydrogens is 548 g/mol. The molecule has 0 bridgehead atoms. The van der Waals surface area contributed by atoms with Crippen LogP contribution in [0.1, 0.15) is 47.6 Å². The lowest BCUT2D eigenvalue weighted by Crippen LogP contribution is -2.54. The molecule has 2 amide bonds. The second-order valence-electron chi connectivity index (χ2n) is 10.9. The molecule has 0 aliphatic heterocycles. The zero-order valence-electron chi connectivity index (χ0n) is 25.6. The van der Waals surface area contributed by atoms with Gasteiger partial charge in [0, 0.05) is 33.6 Å². The number of carbonyl (C=O) groups is 2. The smallest absolute Gasteiger partial charge is 0.304 e. The number of aryl methyl sites for hydroxylation is 3. The van der Waals surface area contributed by atoms with E-state index in [2.05, 4.69) is 12.2 Å². The SMILES string of the molecule is CCCCNC(=O)C(Cc1ccccc1)N(Cc1ccccc1C)C(=O)CN(c1cc(C)ccc1C)S(=O)(=O)N(C)C. The van der Waals surface area contributed by atoms with E-state index in [0.29, 0.717) is 18.7 Å². The molecule has 1 unspecified atom stereocenters. The van der Waals surface area contributed by atoms with Crippen LogP contribution in [0.15, 0.2) is 72.8 Å². The quantitative estimate of drug-likeness (QED) is 0.273. The van der Waals surface area contributed by atoms with Gasteiger partial charge in [-0.15, -0.1) is 0 Å². The number of carbonyl (C=O) groups excluding carboxylic acids is 2. The van der Waals surface area contributed by atoms with E-state index in [9.17, 15) is 18.0 Å². The predicted molar refractivity (Wildman–Crippen MR) is 169 cm³/mol. The molecule has 0 fully saturated rings. The third kappa shape index (κ3) is 8.42. The Hall–Kier alpha value is -3.69. The Labute approximate surface area is 251 Å². The van der Waals surface area contributed by atoms with Crippen LogP contribution in [-0.4, -0.2) is 62.7 Å². The number of unbranched alkanes of at least 4 members (excludes halogenated alkanes) is 1. The standard InChI is InChI=1S/C33H44N4O4S/c1-7-8-20-34-33(39)31(22-28-15-10-9-11-16-28)36(23-29-17-13-12-14-26(29)3)32(38)24-37(42(40,41)35(5)6)30-21-25(2)18-19-27(30)4/h9-19,21,31H,7-8,20,22-24H2,1-6H3,(H,34,39). The molecule has 3 aromatic rings. The van der Waals surface area contributed by atoms with Crippen molar-refractivity contribution in [2.75, 3.05) is 31.5 Å². The first-order chi connectivity index (χ1) is 19.9. The number of amides is 2. The van der Waals surface area contributed by atoms with Gasteiger partial charge in [-0.1, -0.05) is 80.1 Å². The van der Waals surface area contributed by atoms with Gasteiger partial charge < -0.3 is 10.2 Å². The van der Waals surface area contributed by atoms with Crippen molar-refractivity contribution in [2.24, 2.45) is 0 Å². The molecule has 3 rings (SSSR count). The number of hydrogen-bond acceptors (Lipinski definition) is 4. The van der Waals surface area contributed by atoms with Gasteiger partial charge in [-0.3, -0.25) is 9.59 Å². The average molecular weight is 593 g/mol. The molecule has 0 spiro atoms. The minimum atomic E-state index is -4.04. The summed E-state index contributed by atoms with van der Waals surface area (Å²) in [5.41, 5.74) is 4.80. The fourth-order valence-electron chi connectivity index (χ4n) is 4.72. The summed E-state index contributed by atoms with van der Waals surface area (Å²) >= 11 is 0. The molecule has 3 aromatic carbocycles. The minimum absolute atomic E-state index is 0.160. The van der Waals surface area contributed by atoms with E-state index in [1.165, 1.54) is 14.1 Å². The zero-order chi connectivity index (χ0) is 30.9. The number of anilines is 1. The topological polar surface area (TPSA) is 90.0 Å². The van der Waals surface area contributed by atoms with Crippen molar-refractivity contribution in [1.82, 2.24) is 14.5 Å². The van der Waals surface area contributed by atoms with Gasteiger partial charge in [0.25, 0.3) is 0 Å². The van der Waals surface area contributed by atoms with Crippen LogP contribution >= 0.6 is 0 Å². The third-order valence-electron chi connectivity index (χ3n) is 7.35. The highest BCUT2D eigenvalue weighted by Crippen LogP contribution is 2.26. The maximum atomic E-state index is 14.4. The van der Waals surface area contributed by atoms with Gasteiger partial charge in [0.15, 0.2) is 0 Å². The predicted octanol–water partition coefficient (Wildman–Crippen LogP) is 4.78. The summed E-state index contributed by atoms with van der Waals surface area (Å²) in [4.78, 5) is 29.7. The number of rotatable bonds is 14. The van der Waals surface area contributed by atoms with Crippen LogP contribution in [0.3, 0.4) is 0 Å². The van der Waals surface area contributed by atoms with Crippen LogP contribution in [0.4, 0.5) is 5.69 Å². The number of nitrogens with zero attached hydrogens (tertiary/aromatic N) is 3. The molecule has 0 saturated heterocycles. The first-order valence-electron chi connectivity index (χ1n) is 14.4. The van der Waals surface area contributed by atoms with Crippen LogP contribution in [0.2, 0.25) is 0 Å². The molecule has 0 aliphatic carbocycles. The Balaban J connectivity index is 2.12. The lowest BCUT2D eigenvalue weighted by atomic mass is 10.0. The Morgan fingerprint density at radius 1 is 0.881 bits per heavy atom. The summed E-state index contributed by atoms with van der Waals surface area (Å²) in [6.07, 6.45) is 2.03. The summed E-state index contributed by atoms with van der Waals surface area (Å²) in [5, 5.41) is 3.02. The molecule has 0 aromatic heterocycles. The number of benzene rings is 3. The first kappa shape index (κ1) is 32.8. The summed E-state index contributed by atoms with van der Waals surface area (Å²) in [6.45, 7) is 7.92. The van der Waals surface area contributed by atoms with E-state index in [1.54, 1.807) is 11.0 Å². The lowest BCUT2D eigenvalue weighted by molar-refractivity contribution is -0.140. The van der Waals surface area contributed by atoms with Crippen LogP contribution < -0.4 is 9.62 Å². The maximum Gasteiger partial charge on any atom is 0.304 e. The van der Waals surface area contributed by atoms with Crippen LogP contribution in [0.5, 0.6) is 0 Å². The molecule has 0 saturated carbocycles. The van der Waals surface area contributed by atoms with E-state index in [0.717, 1.165) is 49.3 Å². The molecule has 226 valence electrons. The maximum absolute atomic E-state index is 14.4. The van der Waals surface area contributed by atoms with Crippen molar-refractivity contribution in [1.29, 1.82) is 0 Å². The highest BCUT2D eigenvalue weighted by Gasteiger charge is 2.35. The average Bonchev–Trinajstić information content (AvgIpc) is 2.96. The highest BCUT2D eigenvalue weighted by atomic mass is 32.2. The van der Waals surface area contributed by atoms with Crippen molar-refractivity contribution < 1.29 is 18.0 Å². The van der Waals surface area contributed by atoms with E-state index in [-0.39, 0.29) is 12.5 Å². The molecule has 0 radical (unpaired) electrons. The van der Waals surface area contributed by atoms with Crippen LogP contribution in [0.25, 0.3) is 0 Å². The molecule has 1 N–H and O–H groups in total. The lowest BCUT2D eigenvalue weighted by Gasteiger charge is -2.35. The highest BCUT2D eigenvalue weighted by molar-refractivity contribution is 7.90. The van der Waals surface area contributed by atoms with Crippen LogP contribution in [0, 0.1) is 20.8 Å².